The second kappa shape index (κ2) is 7.40. The molecular weight excluding hydrogens is 346 g/mol. The average Bonchev–Trinajstić information content (AvgIpc) is 3.39. The molecule has 142 valence electrons. The zero-order valence-corrected chi connectivity index (χ0v) is 15.2. The van der Waals surface area contributed by atoms with Gasteiger partial charge in [-0.1, -0.05) is 12.1 Å². The summed E-state index contributed by atoms with van der Waals surface area (Å²) in [5.41, 5.74) is 1.20. The highest BCUT2D eigenvalue weighted by atomic mass is 16.5. The summed E-state index contributed by atoms with van der Waals surface area (Å²) in [6, 6.07) is 7.24. The molecule has 2 aromatic rings. The van der Waals surface area contributed by atoms with Gasteiger partial charge in [-0.05, 0) is 25.0 Å². The minimum atomic E-state index is -0.499. The highest BCUT2D eigenvalue weighted by molar-refractivity contribution is 5.97. The van der Waals surface area contributed by atoms with Gasteiger partial charge in [0.25, 0.3) is 5.91 Å². The lowest BCUT2D eigenvalue weighted by Crippen LogP contribution is -2.59. The highest BCUT2D eigenvalue weighted by Crippen LogP contribution is 2.23. The Morgan fingerprint density at radius 1 is 1.30 bits per heavy atom. The number of para-hydroxylation sites is 2. The number of methoxy groups -OCH3 is 1. The van der Waals surface area contributed by atoms with E-state index in [4.69, 9.17) is 4.74 Å². The quantitative estimate of drug-likeness (QED) is 0.805. The second-order valence-corrected chi connectivity index (χ2v) is 6.85. The molecule has 2 amide bonds. The van der Waals surface area contributed by atoms with E-state index < -0.39 is 6.04 Å². The average molecular weight is 369 g/mol. The summed E-state index contributed by atoms with van der Waals surface area (Å²) in [5.74, 6) is 0.396. The molecule has 1 atom stereocenters. The molecule has 0 unspecified atom stereocenters. The zero-order chi connectivity index (χ0) is 18.8. The number of carbonyl (C=O) groups is 2. The molecule has 2 N–H and O–H groups in total. The van der Waals surface area contributed by atoms with E-state index in [-0.39, 0.29) is 17.9 Å². The van der Waals surface area contributed by atoms with Gasteiger partial charge in [-0.3, -0.25) is 9.59 Å². The van der Waals surface area contributed by atoms with Crippen LogP contribution in [0.2, 0.25) is 0 Å². The molecule has 4 rings (SSSR count). The van der Waals surface area contributed by atoms with E-state index in [0.717, 1.165) is 18.5 Å². The number of hydrogen-bond acceptors (Lipinski definition) is 5. The van der Waals surface area contributed by atoms with Gasteiger partial charge in [0, 0.05) is 31.9 Å². The number of carbonyl (C=O) groups excluding carboxylic acids is 2. The first-order valence-electron chi connectivity index (χ1n) is 9.17. The number of hydrogen-bond donors (Lipinski definition) is 2. The van der Waals surface area contributed by atoms with Gasteiger partial charge in [-0.15, -0.1) is 0 Å². The van der Waals surface area contributed by atoms with Crippen molar-refractivity contribution in [3.63, 3.8) is 0 Å². The largest absolute Gasteiger partial charge is 0.494 e. The Hall–Kier alpha value is -2.87. The van der Waals surface area contributed by atoms with Crippen molar-refractivity contribution in [2.75, 3.05) is 26.7 Å². The molecule has 2 heterocycles. The number of piperazine rings is 1. The van der Waals surface area contributed by atoms with Crippen LogP contribution in [0.5, 0.6) is 5.75 Å². The maximum atomic E-state index is 13.0. The molecule has 1 aromatic carbocycles. The van der Waals surface area contributed by atoms with Gasteiger partial charge < -0.3 is 20.3 Å². The fourth-order valence-electron chi connectivity index (χ4n) is 3.26. The Morgan fingerprint density at radius 3 is 2.89 bits per heavy atom. The van der Waals surface area contributed by atoms with Crippen LogP contribution in [0.3, 0.4) is 0 Å². The Morgan fingerprint density at radius 2 is 2.11 bits per heavy atom. The van der Waals surface area contributed by atoms with Gasteiger partial charge in [0.1, 0.15) is 17.5 Å². The molecule has 27 heavy (non-hydrogen) atoms. The normalized spacial score (nSPS) is 19.6. The van der Waals surface area contributed by atoms with E-state index in [9.17, 15) is 9.59 Å². The lowest BCUT2D eigenvalue weighted by atomic mass is 10.1. The number of nitrogens with one attached hydrogen (secondary N) is 2. The predicted octanol–water partition coefficient (Wildman–Crippen LogP) is 0.574. The van der Waals surface area contributed by atoms with Crippen LogP contribution >= 0.6 is 0 Å². The van der Waals surface area contributed by atoms with Crippen molar-refractivity contribution in [3.8, 4) is 11.4 Å². The maximum absolute atomic E-state index is 13.0. The molecule has 8 nitrogen and oxygen atoms in total. The number of ether oxygens (including phenoxy) is 1. The lowest BCUT2D eigenvalue weighted by Gasteiger charge is -2.35. The van der Waals surface area contributed by atoms with Gasteiger partial charge in [0.05, 0.1) is 18.9 Å². The molecule has 0 bridgehead atoms. The molecule has 8 heteroatoms. The summed E-state index contributed by atoms with van der Waals surface area (Å²) in [6.45, 7) is 1.62. The molecule has 0 radical (unpaired) electrons. The third kappa shape index (κ3) is 3.66. The molecule has 1 aliphatic heterocycles. The molecule has 1 saturated carbocycles. The fraction of sp³-hybridized carbons (Fsp3) is 0.421. The Bertz CT molecular complexity index is 845. The monoisotopic (exact) mass is 369 g/mol. The first kappa shape index (κ1) is 17.5. The van der Waals surface area contributed by atoms with Crippen LogP contribution in [-0.2, 0) is 4.79 Å². The van der Waals surface area contributed by atoms with Crippen LogP contribution in [0.1, 0.15) is 23.2 Å². The third-order valence-electron chi connectivity index (χ3n) is 4.89. The zero-order valence-electron chi connectivity index (χ0n) is 15.2. The smallest absolute Gasteiger partial charge is 0.257 e. The number of rotatable bonds is 5. The first-order chi connectivity index (χ1) is 13.2. The summed E-state index contributed by atoms with van der Waals surface area (Å²) in [5, 5.41) is 10.5. The van der Waals surface area contributed by atoms with Crippen LogP contribution in [0.15, 0.2) is 36.7 Å². The number of benzene rings is 1. The van der Waals surface area contributed by atoms with Crippen molar-refractivity contribution < 1.29 is 14.3 Å². The first-order valence-corrected chi connectivity index (χ1v) is 9.17. The maximum Gasteiger partial charge on any atom is 0.257 e. The van der Waals surface area contributed by atoms with E-state index in [1.165, 1.54) is 6.20 Å². The van der Waals surface area contributed by atoms with Crippen molar-refractivity contribution in [2.24, 2.45) is 0 Å². The summed E-state index contributed by atoms with van der Waals surface area (Å²) in [6.07, 6.45) is 5.25. The summed E-state index contributed by atoms with van der Waals surface area (Å²) >= 11 is 0. The Labute approximate surface area is 157 Å². The minimum absolute atomic E-state index is 0.0878. The highest BCUT2D eigenvalue weighted by Gasteiger charge is 2.35. The van der Waals surface area contributed by atoms with E-state index >= 15 is 0 Å². The predicted molar refractivity (Wildman–Crippen MR) is 99.0 cm³/mol. The van der Waals surface area contributed by atoms with Gasteiger partial charge >= 0.3 is 0 Å². The summed E-state index contributed by atoms with van der Waals surface area (Å²) in [4.78, 5) is 27.2. The number of aromatic nitrogens is 2. The third-order valence-corrected chi connectivity index (χ3v) is 4.89. The van der Waals surface area contributed by atoms with E-state index in [0.29, 0.717) is 30.9 Å². The van der Waals surface area contributed by atoms with Crippen molar-refractivity contribution in [1.82, 2.24) is 25.3 Å². The van der Waals surface area contributed by atoms with Crippen molar-refractivity contribution >= 4 is 11.8 Å². The van der Waals surface area contributed by atoms with E-state index in [1.807, 2.05) is 24.3 Å². The van der Waals surface area contributed by atoms with Gasteiger partial charge in [0.15, 0.2) is 0 Å². The van der Waals surface area contributed by atoms with E-state index in [1.54, 1.807) is 22.9 Å². The van der Waals surface area contributed by atoms with Crippen LogP contribution in [-0.4, -0.2) is 65.3 Å². The molecule has 2 aliphatic rings. The number of nitrogens with zero attached hydrogens (tertiary/aromatic N) is 3. The molecular formula is C19H23N5O3. The molecule has 0 spiro atoms. The Balaban J connectivity index is 1.54. The van der Waals surface area contributed by atoms with Crippen LogP contribution in [0, 0.1) is 0 Å². The summed E-state index contributed by atoms with van der Waals surface area (Å²) < 4.78 is 6.98. The Kier molecular flexibility index (Phi) is 4.81. The second-order valence-electron chi connectivity index (χ2n) is 6.85. The molecule has 1 saturated heterocycles. The van der Waals surface area contributed by atoms with Crippen molar-refractivity contribution in [1.29, 1.82) is 0 Å². The fourth-order valence-corrected chi connectivity index (χ4v) is 3.26. The van der Waals surface area contributed by atoms with Gasteiger partial charge in [-0.25, -0.2) is 4.68 Å². The minimum Gasteiger partial charge on any atom is -0.494 e. The van der Waals surface area contributed by atoms with E-state index in [2.05, 4.69) is 15.7 Å². The number of amides is 2. The van der Waals surface area contributed by atoms with Gasteiger partial charge in [-0.2, -0.15) is 5.10 Å². The van der Waals surface area contributed by atoms with Crippen molar-refractivity contribution in [3.05, 3.63) is 42.2 Å². The van der Waals surface area contributed by atoms with Crippen LogP contribution < -0.4 is 15.4 Å². The van der Waals surface area contributed by atoms with Gasteiger partial charge in [0.2, 0.25) is 5.91 Å². The molecule has 2 fully saturated rings. The van der Waals surface area contributed by atoms with Crippen molar-refractivity contribution in [2.45, 2.75) is 24.9 Å². The SMILES string of the molecule is COc1ccccc1-n1cc(C(=O)N2CCNC[C@@H]2C(=O)NC2CC2)cn1. The molecule has 1 aromatic heterocycles. The topological polar surface area (TPSA) is 88.5 Å². The van der Waals surface area contributed by atoms with Crippen LogP contribution in [0.25, 0.3) is 5.69 Å². The van der Waals surface area contributed by atoms with Crippen LogP contribution in [0.4, 0.5) is 0 Å². The molecule has 1 aliphatic carbocycles. The lowest BCUT2D eigenvalue weighted by molar-refractivity contribution is -0.126. The summed E-state index contributed by atoms with van der Waals surface area (Å²) in [7, 11) is 1.60. The standard InChI is InChI=1S/C19H23N5O3/c1-27-17-5-3-2-4-15(17)24-12-13(10-21-24)19(26)23-9-8-20-11-16(23)18(25)22-14-6-7-14/h2-5,10,12,14,16,20H,6-9,11H2,1H3,(H,22,25)/t16-/m1/s1.